The van der Waals surface area contributed by atoms with Gasteiger partial charge >= 0.3 is 23.9 Å². The molecule has 3 aliphatic carbocycles. The molecule has 0 radical (unpaired) electrons. The Morgan fingerprint density at radius 1 is 1.00 bits per heavy atom. The van der Waals surface area contributed by atoms with Crippen LogP contribution in [0.1, 0.15) is 47.5 Å². The third-order valence-electron chi connectivity index (χ3n) is 14.2. The molecule has 8 rings (SSSR count). The van der Waals surface area contributed by atoms with Gasteiger partial charge in [-0.05, 0) is 39.7 Å². The molecule has 3 saturated carbocycles. The lowest BCUT2D eigenvalue weighted by Crippen LogP contribution is -2.85. The van der Waals surface area contributed by atoms with E-state index in [0.717, 1.165) is 21.1 Å². The van der Waals surface area contributed by atoms with E-state index in [4.69, 9.17) is 42.6 Å². The van der Waals surface area contributed by atoms with Crippen molar-refractivity contribution in [2.24, 2.45) is 34.5 Å². The van der Waals surface area contributed by atoms with Crippen LogP contribution in [0.2, 0.25) is 0 Å². The standard InChI is InChI=1S/C35H44O16/c1-8-15(2)24(38)50-25-18-11-20(48-16(3)36)33(26(39)43-6)22-17(13-47-33)23(37)29(4,34(42,27(40)44-7)31(18,22)14-46-25)35-21-12-19(30(35,5)51-35)32(41)9-10-45-28(32)49-21/h8-10,17-23,25,28,37,41-42H,11-14H2,1-7H3. The summed E-state index contributed by atoms with van der Waals surface area (Å²) in [4.78, 5) is 54.7. The van der Waals surface area contributed by atoms with Crippen molar-refractivity contribution >= 4 is 23.9 Å². The first-order chi connectivity index (χ1) is 24.0. The van der Waals surface area contributed by atoms with E-state index in [2.05, 4.69) is 0 Å². The fraction of sp³-hybridized carbons (Fsp3) is 0.771. The van der Waals surface area contributed by atoms with E-state index in [1.807, 2.05) is 0 Å². The van der Waals surface area contributed by atoms with E-state index in [0.29, 0.717) is 0 Å². The molecule has 0 amide bonds. The smallest absolute Gasteiger partial charge is 0.342 e. The van der Waals surface area contributed by atoms with Crippen molar-refractivity contribution in [3.05, 3.63) is 24.0 Å². The molecule has 0 aromatic heterocycles. The number of ether oxygens (including phenoxy) is 9. The predicted octanol–water partition coefficient (Wildman–Crippen LogP) is -0.203. The summed E-state index contributed by atoms with van der Waals surface area (Å²) in [5.74, 6) is -7.86. The van der Waals surface area contributed by atoms with Gasteiger partial charge in [0.2, 0.25) is 18.2 Å². The second kappa shape index (κ2) is 10.5. The molecule has 16 nitrogen and oxygen atoms in total. The van der Waals surface area contributed by atoms with E-state index in [1.165, 1.54) is 19.3 Å². The van der Waals surface area contributed by atoms with E-state index < -0.39 is 124 Å². The molecule has 280 valence electrons. The van der Waals surface area contributed by atoms with Crippen LogP contribution in [0.4, 0.5) is 0 Å². The van der Waals surface area contributed by atoms with Crippen LogP contribution in [0.3, 0.4) is 0 Å². The van der Waals surface area contributed by atoms with Gasteiger partial charge in [-0.1, -0.05) is 13.0 Å². The molecule has 16 heteroatoms. The molecule has 0 aromatic rings. The zero-order valence-electron chi connectivity index (χ0n) is 29.4. The SMILES string of the molecule is CC=C(C)C(=O)OC1OCC23C1CC(OC(C)=O)C1(C(=O)OC)OCC(C12)C(O)C(C)(C12OC1(C)C1CC2OC2OC=CC21O)C3(O)C(=O)OC. The summed E-state index contributed by atoms with van der Waals surface area (Å²) in [6.07, 6.45) is -2.24. The monoisotopic (exact) mass is 720 g/mol. The zero-order chi connectivity index (χ0) is 36.9. The number of aliphatic hydroxyl groups is 3. The van der Waals surface area contributed by atoms with Crippen molar-refractivity contribution < 1.29 is 77.1 Å². The minimum Gasteiger partial charge on any atom is -0.469 e. The number of epoxide rings is 1. The van der Waals surface area contributed by atoms with Crippen LogP contribution < -0.4 is 0 Å². The van der Waals surface area contributed by atoms with E-state index in [-0.39, 0.29) is 25.0 Å². The van der Waals surface area contributed by atoms with Crippen LogP contribution in [0, 0.1) is 34.5 Å². The average molecular weight is 721 g/mol. The van der Waals surface area contributed by atoms with Crippen molar-refractivity contribution in [2.45, 2.75) is 106 Å². The van der Waals surface area contributed by atoms with Gasteiger partial charge in [0.25, 0.3) is 0 Å². The number of carbonyl (C=O) groups excluding carboxylic acids is 4. The summed E-state index contributed by atoms with van der Waals surface area (Å²) in [6.45, 7) is 6.81. The summed E-state index contributed by atoms with van der Waals surface area (Å²) in [5.41, 5.74) is -13.3. The van der Waals surface area contributed by atoms with Gasteiger partial charge in [-0.15, -0.1) is 0 Å². The number of fused-ring (bicyclic) bond motifs is 7. The lowest BCUT2D eigenvalue weighted by atomic mass is 9.35. The summed E-state index contributed by atoms with van der Waals surface area (Å²) >= 11 is 0. The lowest BCUT2D eigenvalue weighted by molar-refractivity contribution is -0.333. The van der Waals surface area contributed by atoms with Gasteiger partial charge in [-0.2, -0.15) is 0 Å². The minimum atomic E-state index is -2.82. The maximum Gasteiger partial charge on any atom is 0.342 e. The highest BCUT2D eigenvalue weighted by molar-refractivity contribution is 5.88. The second-order valence-electron chi connectivity index (χ2n) is 15.6. The summed E-state index contributed by atoms with van der Waals surface area (Å²) in [6, 6.07) is 0. The van der Waals surface area contributed by atoms with E-state index >= 15 is 0 Å². The molecule has 8 aliphatic rings. The van der Waals surface area contributed by atoms with Crippen LogP contribution in [0.15, 0.2) is 24.0 Å². The molecule has 16 atom stereocenters. The predicted molar refractivity (Wildman–Crippen MR) is 164 cm³/mol. The summed E-state index contributed by atoms with van der Waals surface area (Å²) in [7, 11) is 2.20. The maximum atomic E-state index is 14.8. The Morgan fingerprint density at radius 3 is 2.35 bits per heavy atom. The number of aliphatic hydroxyl groups excluding tert-OH is 1. The molecule has 3 N–H and O–H groups in total. The zero-order valence-corrected chi connectivity index (χ0v) is 29.4. The Labute approximate surface area is 293 Å². The Balaban J connectivity index is 1.38. The largest absolute Gasteiger partial charge is 0.469 e. The molecule has 51 heavy (non-hydrogen) atoms. The molecule has 5 aliphatic heterocycles. The number of carbonyl (C=O) groups is 4. The summed E-state index contributed by atoms with van der Waals surface area (Å²) in [5, 5.41) is 38.5. The first-order valence-corrected chi connectivity index (χ1v) is 17.2. The third-order valence-corrected chi connectivity index (χ3v) is 14.2. The van der Waals surface area contributed by atoms with Crippen molar-refractivity contribution in [1.29, 1.82) is 0 Å². The topological polar surface area (TPSA) is 215 Å². The number of esters is 4. The average Bonchev–Trinajstić information content (AvgIpc) is 3.50. The van der Waals surface area contributed by atoms with Gasteiger partial charge in [0.15, 0.2) is 11.2 Å². The van der Waals surface area contributed by atoms with E-state index in [1.54, 1.807) is 26.8 Å². The van der Waals surface area contributed by atoms with E-state index in [9.17, 15) is 34.5 Å². The molecule has 1 spiro atoms. The molecule has 5 heterocycles. The van der Waals surface area contributed by atoms with Gasteiger partial charge in [0, 0.05) is 41.6 Å². The number of hydrogen-bond donors (Lipinski definition) is 3. The van der Waals surface area contributed by atoms with Gasteiger partial charge in [0.05, 0.1) is 51.3 Å². The Hall–Kier alpha value is -3.12. The van der Waals surface area contributed by atoms with Crippen LogP contribution in [0.25, 0.3) is 0 Å². The Morgan fingerprint density at radius 2 is 1.71 bits per heavy atom. The second-order valence-corrected chi connectivity index (χ2v) is 15.6. The van der Waals surface area contributed by atoms with Gasteiger partial charge < -0.3 is 58.0 Å². The molecule has 16 unspecified atom stereocenters. The normalized spacial score (nSPS) is 53.9. The van der Waals surface area contributed by atoms with Crippen LogP contribution in [-0.4, -0.2) is 126 Å². The van der Waals surface area contributed by atoms with Crippen LogP contribution >= 0.6 is 0 Å². The minimum absolute atomic E-state index is 0.220. The fourth-order valence-electron chi connectivity index (χ4n) is 12.2. The maximum absolute atomic E-state index is 14.8. The Bertz CT molecular complexity index is 1660. The highest BCUT2D eigenvalue weighted by Gasteiger charge is 2.99. The first kappa shape index (κ1) is 34.9. The molecule has 0 aromatic carbocycles. The highest BCUT2D eigenvalue weighted by atomic mass is 16.7. The van der Waals surface area contributed by atoms with Crippen molar-refractivity contribution in [1.82, 2.24) is 0 Å². The van der Waals surface area contributed by atoms with Crippen LogP contribution in [0.5, 0.6) is 0 Å². The summed E-state index contributed by atoms with van der Waals surface area (Å²) < 4.78 is 53.7. The first-order valence-electron chi connectivity index (χ1n) is 17.2. The van der Waals surface area contributed by atoms with Crippen molar-refractivity contribution in [2.75, 3.05) is 27.4 Å². The highest BCUT2D eigenvalue weighted by Crippen LogP contribution is 2.83. The molecular formula is C35H44O16. The quantitative estimate of drug-likeness (QED) is 0.140. The molecule has 4 saturated heterocycles. The number of hydrogen-bond acceptors (Lipinski definition) is 16. The van der Waals surface area contributed by atoms with Crippen molar-refractivity contribution in [3.63, 3.8) is 0 Å². The number of allylic oxidation sites excluding steroid dienone is 1. The molecular weight excluding hydrogens is 676 g/mol. The van der Waals surface area contributed by atoms with Crippen molar-refractivity contribution in [3.8, 4) is 0 Å². The Kier molecular flexibility index (Phi) is 7.20. The van der Waals surface area contributed by atoms with Gasteiger partial charge in [-0.3, -0.25) is 4.79 Å². The number of methoxy groups -OCH3 is 2. The van der Waals surface area contributed by atoms with Crippen LogP contribution in [-0.2, 0) is 61.8 Å². The number of rotatable bonds is 6. The molecule has 7 fully saturated rings. The van der Waals surface area contributed by atoms with Gasteiger partial charge in [0.1, 0.15) is 17.3 Å². The van der Waals surface area contributed by atoms with Gasteiger partial charge in [-0.25, -0.2) is 14.4 Å². The lowest BCUT2D eigenvalue weighted by Gasteiger charge is -2.68. The molecule has 2 bridgehead atoms. The fourth-order valence-corrected chi connectivity index (χ4v) is 12.2. The third kappa shape index (κ3) is 3.52.